The van der Waals surface area contributed by atoms with Crippen molar-refractivity contribution in [2.75, 3.05) is 13.2 Å². The number of halogens is 7. The molecule has 4 atom stereocenters. The summed E-state index contributed by atoms with van der Waals surface area (Å²) in [6.07, 6.45) is -0.734. The van der Waals surface area contributed by atoms with E-state index in [4.69, 9.17) is 9.47 Å². The highest BCUT2D eigenvalue weighted by Crippen LogP contribution is 2.45. The van der Waals surface area contributed by atoms with E-state index in [0.29, 0.717) is 12.8 Å². The van der Waals surface area contributed by atoms with Crippen molar-refractivity contribution in [1.29, 1.82) is 0 Å². The van der Waals surface area contributed by atoms with Crippen LogP contribution in [0.2, 0.25) is 0 Å². The van der Waals surface area contributed by atoms with Crippen LogP contribution < -0.4 is 4.74 Å². The first-order valence-electron chi connectivity index (χ1n) is 13.5. The van der Waals surface area contributed by atoms with Crippen molar-refractivity contribution in [2.24, 2.45) is 0 Å². The van der Waals surface area contributed by atoms with Gasteiger partial charge in [-0.2, -0.15) is 8.78 Å². The van der Waals surface area contributed by atoms with Crippen molar-refractivity contribution in [3.05, 3.63) is 41.2 Å². The summed E-state index contributed by atoms with van der Waals surface area (Å²) in [6.45, 7) is 2.62. The molecule has 1 heterocycles. The Bertz CT molecular complexity index is 1060. The topological polar surface area (TPSA) is 44.2 Å². The van der Waals surface area contributed by atoms with Crippen LogP contribution in [0.15, 0.2) is 18.5 Å². The van der Waals surface area contributed by atoms with Crippen LogP contribution in [-0.4, -0.2) is 47.8 Å². The van der Waals surface area contributed by atoms with Gasteiger partial charge in [0.2, 0.25) is 0 Å². The predicted octanol–water partition coefficient (Wildman–Crippen LogP) is 8.01. The zero-order chi connectivity index (χ0) is 28.6. The fourth-order valence-corrected chi connectivity index (χ4v) is 4.58. The third-order valence-corrected chi connectivity index (χ3v) is 6.79. The zero-order valence-electron chi connectivity index (χ0n) is 22.2. The molecule has 1 aromatic carbocycles. The molecule has 39 heavy (non-hydrogen) atoms. The number of ether oxygens (including phenoxy) is 2. The van der Waals surface area contributed by atoms with Crippen LogP contribution in [-0.2, 0) is 17.1 Å². The maximum absolute atomic E-state index is 15.2. The number of unbranched alkanes of at least 4 members (excludes halogenated alkanes) is 3. The van der Waals surface area contributed by atoms with Gasteiger partial charge in [0.15, 0.2) is 29.4 Å². The molecule has 0 aliphatic heterocycles. The fourth-order valence-electron chi connectivity index (χ4n) is 4.58. The van der Waals surface area contributed by atoms with E-state index in [0.717, 1.165) is 37.7 Å². The molecule has 0 N–H and O–H groups in total. The molecule has 11 heteroatoms. The van der Waals surface area contributed by atoms with Gasteiger partial charge in [0.1, 0.15) is 25.1 Å². The first kappa shape index (κ1) is 31.1. The van der Waals surface area contributed by atoms with Gasteiger partial charge >= 0.3 is 5.92 Å². The molecule has 3 rings (SSSR count). The Labute approximate surface area is 224 Å². The van der Waals surface area contributed by atoms with E-state index < -0.39 is 66.5 Å². The van der Waals surface area contributed by atoms with Gasteiger partial charge in [-0.3, -0.25) is 0 Å². The highest BCUT2D eigenvalue weighted by Gasteiger charge is 2.50. The lowest BCUT2D eigenvalue weighted by atomic mass is 9.84. The number of hydrogen-bond donors (Lipinski definition) is 0. The molecule has 4 nitrogen and oxygen atoms in total. The first-order valence-corrected chi connectivity index (χ1v) is 13.5. The van der Waals surface area contributed by atoms with Crippen LogP contribution >= 0.6 is 0 Å². The summed E-state index contributed by atoms with van der Waals surface area (Å²) < 4.78 is 112. The van der Waals surface area contributed by atoms with E-state index in [2.05, 4.69) is 9.97 Å². The second-order valence-corrected chi connectivity index (χ2v) is 9.89. The second kappa shape index (κ2) is 14.3. The maximum Gasteiger partial charge on any atom is 0.302 e. The highest BCUT2D eigenvalue weighted by molar-refractivity contribution is 5.60. The van der Waals surface area contributed by atoms with Gasteiger partial charge < -0.3 is 9.47 Å². The Morgan fingerprint density at radius 3 is 2.31 bits per heavy atom. The van der Waals surface area contributed by atoms with Crippen molar-refractivity contribution in [3.8, 4) is 17.1 Å². The number of aromatic nitrogens is 2. The summed E-state index contributed by atoms with van der Waals surface area (Å²) in [5, 5.41) is 0. The molecule has 0 saturated heterocycles. The van der Waals surface area contributed by atoms with Crippen molar-refractivity contribution in [2.45, 2.75) is 102 Å². The normalized spacial score (nSPS) is 18.8. The average Bonchev–Trinajstić information content (AvgIpc) is 2.91. The number of aryl methyl sites for hydroxylation is 1. The summed E-state index contributed by atoms with van der Waals surface area (Å²) in [6, 6.07) is 1.06. The summed E-state index contributed by atoms with van der Waals surface area (Å²) in [5.74, 6) is -7.49. The molecule has 0 spiro atoms. The molecule has 0 saturated carbocycles. The third kappa shape index (κ3) is 7.83. The molecule has 0 bridgehead atoms. The van der Waals surface area contributed by atoms with E-state index in [-0.39, 0.29) is 42.8 Å². The summed E-state index contributed by atoms with van der Waals surface area (Å²) in [5.41, 5.74) is -1.67. The van der Waals surface area contributed by atoms with Crippen LogP contribution in [0.5, 0.6) is 5.75 Å². The maximum atomic E-state index is 15.2. The lowest BCUT2D eigenvalue weighted by molar-refractivity contribution is -0.160. The van der Waals surface area contributed by atoms with Gasteiger partial charge in [-0.15, -0.1) is 0 Å². The molecule has 0 fully saturated rings. The standard InChI is InChI=1S/C28H35F7N2O2/c1-3-5-6-7-9-18(29)15-39-23-11-10-17-12-20(25(32)26(33)24(17)28(23,34)35)27-36-13-19(14-37-27)38-16-22(31)21(30)8-4-2/h12-14,18,21-23H,3-11,15-16H2,1-2H3. The van der Waals surface area contributed by atoms with Gasteiger partial charge in [0, 0.05) is 0 Å². The summed E-state index contributed by atoms with van der Waals surface area (Å²) >= 11 is 0. The molecule has 2 aromatic rings. The number of hydrogen-bond acceptors (Lipinski definition) is 4. The number of nitrogens with zero attached hydrogens (tertiary/aromatic N) is 2. The number of benzene rings is 1. The zero-order valence-corrected chi connectivity index (χ0v) is 22.2. The second-order valence-electron chi connectivity index (χ2n) is 9.89. The summed E-state index contributed by atoms with van der Waals surface area (Å²) in [7, 11) is 0. The van der Waals surface area contributed by atoms with E-state index in [9.17, 15) is 17.6 Å². The minimum atomic E-state index is -3.87. The predicted molar refractivity (Wildman–Crippen MR) is 133 cm³/mol. The fraction of sp³-hybridized carbons (Fsp3) is 0.643. The molecule has 218 valence electrons. The van der Waals surface area contributed by atoms with Gasteiger partial charge in [-0.1, -0.05) is 46.0 Å². The lowest BCUT2D eigenvalue weighted by Gasteiger charge is -2.34. The van der Waals surface area contributed by atoms with E-state index in [1.165, 1.54) is 0 Å². The van der Waals surface area contributed by atoms with Gasteiger partial charge in [0.05, 0.1) is 30.1 Å². The van der Waals surface area contributed by atoms with Gasteiger partial charge in [-0.05, 0) is 37.3 Å². The van der Waals surface area contributed by atoms with E-state index >= 15 is 13.2 Å². The minimum Gasteiger partial charge on any atom is -0.487 e. The molecule has 1 aliphatic rings. The van der Waals surface area contributed by atoms with Crippen molar-refractivity contribution in [1.82, 2.24) is 9.97 Å². The van der Waals surface area contributed by atoms with Crippen LogP contribution in [0.1, 0.15) is 76.3 Å². The quantitative estimate of drug-likeness (QED) is 0.162. The minimum absolute atomic E-state index is 0.0213. The molecule has 0 radical (unpaired) electrons. The lowest BCUT2D eigenvalue weighted by Crippen LogP contribution is -2.40. The number of rotatable bonds is 15. The molecule has 0 amide bonds. The number of fused-ring (bicyclic) bond motifs is 1. The Kier molecular flexibility index (Phi) is 11.4. The van der Waals surface area contributed by atoms with E-state index in [1.54, 1.807) is 6.92 Å². The largest absolute Gasteiger partial charge is 0.487 e. The molecule has 1 aromatic heterocycles. The third-order valence-electron chi connectivity index (χ3n) is 6.79. The van der Waals surface area contributed by atoms with Crippen molar-refractivity contribution >= 4 is 0 Å². The Hall–Kier alpha value is -2.43. The highest BCUT2D eigenvalue weighted by atomic mass is 19.3. The molecular formula is C28H35F7N2O2. The summed E-state index contributed by atoms with van der Waals surface area (Å²) in [4.78, 5) is 7.76. The Morgan fingerprint density at radius 1 is 0.923 bits per heavy atom. The first-order chi connectivity index (χ1) is 18.6. The average molecular weight is 565 g/mol. The van der Waals surface area contributed by atoms with Crippen LogP contribution in [0.3, 0.4) is 0 Å². The smallest absolute Gasteiger partial charge is 0.302 e. The van der Waals surface area contributed by atoms with Crippen molar-refractivity contribution in [3.63, 3.8) is 0 Å². The molecular weight excluding hydrogens is 529 g/mol. The molecule has 1 aliphatic carbocycles. The van der Waals surface area contributed by atoms with Crippen molar-refractivity contribution < 1.29 is 40.2 Å². The van der Waals surface area contributed by atoms with Crippen LogP contribution in [0.25, 0.3) is 11.4 Å². The Morgan fingerprint density at radius 2 is 1.64 bits per heavy atom. The number of alkyl halides is 5. The monoisotopic (exact) mass is 564 g/mol. The van der Waals surface area contributed by atoms with Gasteiger partial charge in [-0.25, -0.2) is 31.9 Å². The molecule has 4 unspecified atom stereocenters. The SMILES string of the molecule is CCCCCCC(F)COC1CCc2cc(-c3ncc(OCC(F)C(F)CCC)cn3)c(F)c(F)c2C1(F)F. The van der Waals surface area contributed by atoms with E-state index in [1.807, 2.05) is 6.92 Å². The van der Waals surface area contributed by atoms with Gasteiger partial charge in [0.25, 0.3) is 0 Å². The van der Waals surface area contributed by atoms with Crippen LogP contribution in [0.4, 0.5) is 30.7 Å². The van der Waals surface area contributed by atoms with Crippen LogP contribution in [0, 0.1) is 11.6 Å². The Balaban J connectivity index is 1.69.